The average molecular weight is 434 g/mol. The Labute approximate surface area is 186 Å². The van der Waals surface area contributed by atoms with Crippen LogP contribution in [0.1, 0.15) is 36.4 Å². The number of aromatic nitrogens is 1. The highest BCUT2D eigenvalue weighted by atomic mass is 16.5. The van der Waals surface area contributed by atoms with Crippen molar-refractivity contribution in [3.8, 4) is 6.07 Å². The second kappa shape index (κ2) is 8.77. The van der Waals surface area contributed by atoms with Crippen molar-refractivity contribution in [1.82, 2.24) is 9.47 Å². The minimum absolute atomic E-state index is 0.155. The summed E-state index contributed by atoms with van der Waals surface area (Å²) < 4.78 is 7.38. The number of amides is 2. The van der Waals surface area contributed by atoms with Gasteiger partial charge in [0, 0.05) is 56.2 Å². The first-order chi connectivity index (χ1) is 15.6. The Morgan fingerprint density at radius 1 is 1.09 bits per heavy atom. The van der Waals surface area contributed by atoms with Crippen molar-refractivity contribution in [1.29, 1.82) is 5.26 Å². The van der Waals surface area contributed by atoms with Crippen LogP contribution < -0.4 is 16.2 Å². The molecule has 0 aliphatic carbocycles. The van der Waals surface area contributed by atoms with Crippen molar-refractivity contribution >= 4 is 17.4 Å². The van der Waals surface area contributed by atoms with Crippen LogP contribution in [0.2, 0.25) is 0 Å². The van der Waals surface area contributed by atoms with Crippen LogP contribution >= 0.6 is 0 Å². The number of likely N-dealkylation sites (tertiary alicyclic amines) is 1. The number of benzene rings is 1. The van der Waals surface area contributed by atoms with E-state index in [1.54, 1.807) is 30.3 Å². The Morgan fingerprint density at radius 2 is 1.94 bits per heavy atom. The number of hydrogen-bond acceptors (Lipinski definition) is 5. The zero-order chi connectivity index (χ0) is 22.1. The van der Waals surface area contributed by atoms with E-state index in [2.05, 4.69) is 15.5 Å². The molecule has 2 fully saturated rings. The van der Waals surface area contributed by atoms with Crippen LogP contribution in [0.15, 0.2) is 41.2 Å². The number of rotatable bonds is 3. The number of fused-ring (bicyclic) bond motifs is 4. The third-order valence-corrected chi connectivity index (χ3v) is 6.84. The molecule has 8 heteroatoms. The van der Waals surface area contributed by atoms with E-state index in [1.807, 2.05) is 16.7 Å². The lowest BCUT2D eigenvalue weighted by Crippen LogP contribution is -2.51. The molecule has 32 heavy (non-hydrogen) atoms. The van der Waals surface area contributed by atoms with Gasteiger partial charge in [0.05, 0.1) is 11.6 Å². The van der Waals surface area contributed by atoms with E-state index in [0.29, 0.717) is 35.7 Å². The number of carbonyl (C=O) groups excluding carboxylic acids is 1. The summed E-state index contributed by atoms with van der Waals surface area (Å²) >= 11 is 0. The molecule has 2 amide bonds. The molecule has 2 saturated heterocycles. The van der Waals surface area contributed by atoms with Gasteiger partial charge in [-0.3, -0.25) is 9.69 Å². The quantitative estimate of drug-likeness (QED) is 0.775. The number of carbonyl (C=O) groups is 1. The number of anilines is 2. The van der Waals surface area contributed by atoms with Crippen LogP contribution in [0, 0.1) is 17.2 Å². The van der Waals surface area contributed by atoms with Crippen molar-refractivity contribution in [3.05, 3.63) is 58.0 Å². The highest BCUT2D eigenvalue weighted by Crippen LogP contribution is 2.37. The van der Waals surface area contributed by atoms with Crippen molar-refractivity contribution in [2.24, 2.45) is 5.92 Å². The van der Waals surface area contributed by atoms with Gasteiger partial charge in [0.2, 0.25) is 0 Å². The van der Waals surface area contributed by atoms with Crippen molar-refractivity contribution in [2.75, 3.05) is 36.9 Å². The highest BCUT2D eigenvalue weighted by Gasteiger charge is 2.37. The van der Waals surface area contributed by atoms with Crippen molar-refractivity contribution < 1.29 is 9.53 Å². The van der Waals surface area contributed by atoms with Gasteiger partial charge in [-0.1, -0.05) is 6.07 Å². The number of ether oxygens (including phenoxy) is 1. The maximum atomic E-state index is 13.2. The molecule has 1 aromatic heterocycles. The Bertz CT molecular complexity index is 1120. The third kappa shape index (κ3) is 4.14. The maximum absolute atomic E-state index is 13.2. The fraction of sp³-hybridized carbons (Fsp3) is 0.458. The molecule has 2 N–H and O–H groups in total. The molecule has 2 bridgehead atoms. The average Bonchev–Trinajstić information content (AvgIpc) is 2.82. The molecule has 4 heterocycles. The second-order valence-electron chi connectivity index (χ2n) is 8.96. The van der Waals surface area contributed by atoms with Gasteiger partial charge in [0.25, 0.3) is 5.56 Å². The minimum Gasteiger partial charge on any atom is -0.381 e. The Balaban J connectivity index is 1.31. The molecule has 0 unspecified atom stereocenters. The van der Waals surface area contributed by atoms with Gasteiger partial charge >= 0.3 is 6.03 Å². The summed E-state index contributed by atoms with van der Waals surface area (Å²) in [6.45, 7) is 4.35. The first kappa shape index (κ1) is 20.7. The number of nitrogens with zero attached hydrogens (tertiary/aromatic N) is 3. The molecule has 2 aromatic rings. The smallest absolute Gasteiger partial charge is 0.323 e. The van der Waals surface area contributed by atoms with Crippen LogP contribution in [0.25, 0.3) is 0 Å². The number of piperidine rings is 1. The van der Waals surface area contributed by atoms with Gasteiger partial charge in [-0.2, -0.15) is 5.26 Å². The summed E-state index contributed by atoms with van der Waals surface area (Å²) in [6, 6.07) is 12.5. The van der Waals surface area contributed by atoms with Gasteiger partial charge in [-0.25, -0.2) is 4.79 Å². The van der Waals surface area contributed by atoms with Crippen molar-refractivity contribution in [2.45, 2.75) is 37.8 Å². The molecule has 0 radical (unpaired) electrons. The standard InChI is InChI=1S/C24H27N5O3/c25-12-16-2-1-3-19(11-16)26-24(31)27-21-4-5-22-18-10-17(14-29(22)23(21)30)13-28(15-18)20-6-8-32-9-7-20/h1-5,11,17-18,20H,6-10,13-15H2,(H2,26,27,31)/t17-,18-/m1/s1. The monoisotopic (exact) mass is 433 g/mol. The topological polar surface area (TPSA) is 99.4 Å². The van der Waals surface area contributed by atoms with Crippen LogP contribution in [-0.2, 0) is 11.3 Å². The second-order valence-corrected chi connectivity index (χ2v) is 8.96. The number of urea groups is 1. The summed E-state index contributed by atoms with van der Waals surface area (Å²) in [5, 5.41) is 14.4. The Morgan fingerprint density at radius 3 is 2.75 bits per heavy atom. The minimum atomic E-state index is -0.501. The van der Waals surface area contributed by atoms with Crippen LogP contribution in [0.5, 0.6) is 0 Å². The molecular formula is C24H27N5O3. The van der Waals surface area contributed by atoms with Gasteiger partial charge < -0.3 is 19.9 Å². The summed E-state index contributed by atoms with van der Waals surface area (Å²) in [6.07, 6.45) is 3.28. The zero-order valence-electron chi connectivity index (χ0n) is 17.9. The normalized spacial score (nSPS) is 23.1. The van der Waals surface area contributed by atoms with Gasteiger partial charge in [-0.15, -0.1) is 0 Å². The first-order valence-electron chi connectivity index (χ1n) is 11.2. The predicted molar refractivity (Wildman–Crippen MR) is 121 cm³/mol. The van der Waals surface area contributed by atoms with Crippen molar-refractivity contribution in [3.63, 3.8) is 0 Å². The lowest BCUT2D eigenvalue weighted by Gasteiger charge is -2.46. The number of hydrogen-bond donors (Lipinski definition) is 2. The summed E-state index contributed by atoms with van der Waals surface area (Å²) in [5.41, 5.74) is 2.14. The largest absolute Gasteiger partial charge is 0.381 e. The molecular weight excluding hydrogens is 406 g/mol. The highest BCUT2D eigenvalue weighted by molar-refractivity contribution is 5.99. The van der Waals surface area contributed by atoms with Gasteiger partial charge in [-0.05, 0) is 55.5 Å². The number of nitrogens with one attached hydrogen (secondary N) is 2. The van der Waals surface area contributed by atoms with Gasteiger partial charge in [0.15, 0.2) is 0 Å². The fourth-order valence-electron chi connectivity index (χ4n) is 5.38. The number of nitriles is 1. The van der Waals surface area contributed by atoms with E-state index >= 15 is 0 Å². The third-order valence-electron chi connectivity index (χ3n) is 6.84. The fourth-order valence-corrected chi connectivity index (χ4v) is 5.38. The van der Waals surface area contributed by atoms with E-state index in [-0.39, 0.29) is 11.2 Å². The summed E-state index contributed by atoms with van der Waals surface area (Å²) in [5.74, 6) is 0.786. The summed E-state index contributed by atoms with van der Waals surface area (Å²) in [4.78, 5) is 28.2. The molecule has 3 aliphatic rings. The lowest BCUT2D eigenvalue weighted by molar-refractivity contribution is 0.00589. The molecule has 166 valence electrons. The molecule has 8 nitrogen and oxygen atoms in total. The van der Waals surface area contributed by atoms with Gasteiger partial charge in [0.1, 0.15) is 5.69 Å². The predicted octanol–water partition coefficient (Wildman–Crippen LogP) is 2.96. The lowest BCUT2D eigenvalue weighted by atomic mass is 9.82. The Hall–Kier alpha value is -3.15. The van der Waals surface area contributed by atoms with E-state index in [0.717, 1.165) is 51.3 Å². The molecule has 1 aromatic carbocycles. The van der Waals surface area contributed by atoms with E-state index in [1.165, 1.54) is 0 Å². The van der Waals surface area contributed by atoms with Crippen LogP contribution in [0.4, 0.5) is 16.2 Å². The van der Waals surface area contributed by atoms with E-state index < -0.39 is 6.03 Å². The van der Waals surface area contributed by atoms with Crippen LogP contribution in [-0.4, -0.2) is 47.8 Å². The molecule has 5 rings (SSSR count). The molecule has 3 aliphatic heterocycles. The molecule has 0 spiro atoms. The number of pyridine rings is 1. The Kier molecular flexibility index (Phi) is 5.68. The summed E-state index contributed by atoms with van der Waals surface area (Å²) in [7, 11) is 0. The first-order valence-corrected chi connectivity index (χ1v) is 11.2. The molecule has 0 saturated carbocycles. The SMILES string of the molecule is N#Cc1cccc(NC(=O)Nc2ccc3n(c2=O)C[C@@H]2C[C@@H]3CN(C3CCOCC3)C2)c1. The maximum Gasteiger partial charge on any atom is 0.323 e. The molecule has 2 atom stereocenters. The van der Waals surface area contributed by atoms with Crippen LogP contribution in [0.3, 0.4) is 0 Å². The van der Waals surface area contributed by atoms with E-state index in [9.17, 15) is 9.59 Å². The zero-order valence-corrected chi connectivity index (χ0v) is 17.9. The van der Waals surface area contributed by atoms with E-state index in [4.69, 9.17) is 10.00 Å².